The van der Waals surface area contributed by atoms with Crippen molar-refractivity contribution in [2.24, 2.45) is 0 Å². The second kappa shape index (κ2) is 8.86. The summed E-state index contributed by atoms with van der Waals surface area (Å²) in [5.74, 6) is -0.394. The van der Waals surface area contributed by atoms with Crippen LogP contribution < -0.4 is 4.74 Å². The predicted molar refractivity (Wildman–Crippen MR) is 103 cm³/mol. The predicted octanol–water partition coefficient (Wildman–Crippen LogP) is 3.67. The van der Waals surface area contributed by atoms with E-state index >= 15 is 0 Å². The standard InChI is InChI=1S/C21H27NO5/c1-13-7-8-20(26-6)18(9-13)21(24)27-12-19(23)17-10-14(2)22(16(17)4)15(3)11-25-5/h7-10,15H,11-12H2,1-6H3/t15-/m0/s1. The maximum absolute atomic E-state index is 12.6. The monoisotopic (exact) mass is 373 g/mol. The molecule has 2 aromatic rings. The second-order valence-electron chi connectivity index (χ2n) is 6.66. The molecular formula is C21H27NO5. The van der Waals surface area contributed by atoms with Crippen molar-refractivity contribution in [3.63, 3.8) is 0 Å². The van der Waals surface area contributed by atoms with Crippen molar-refractivity contribution in [3.05, 3.63) is 52.3 Å². The Hall–Kier alpha value is -2.60. The van der Waals surface area contributed by atoms with Gasteiger partial charge in [-0.3, -0.25) is 4.79 Å². The highest BCUT2D eigenvalue weighted by Crippen LogP contribution is 2.23. The van der Waals surface area contributed by atoms with Crippen molar-refractivity contribution < 1.29 is 23.8 Å². The quantitative estimate of drug-likeness (QED) is 0.522. The Balaban J connectivity index is 2.14. The molecule has 0 spiro atoms. The number of hydrogen-bond donors (Lipinski definition) is 0. The molecule has 0 saturated heterocycles. The van der Waals surface area contributed by atoms with Crippen molar-refractivity contribution >= 4 is 11.8 Å². The molecule has 1 heterocycles. The normalized spacial score (nSPS) is 11.9. The first-order valence-electron chi connectivity index (χ1n) is 8.82. The highest BCUT2D eigenvalue weighted by Gasteiger charge is 2.21. The molecule has 0 radical (unpaired) electrons. The summed E-state index contributed by atoms with van der Waals surface area (Å²) in [5.41, 5.74) is 3.58. The summed E-state index contributed by atoms with van der Waals surface area (Å²) in [6, 6.07) is 7.17. The fourth-order valence-electron chi connectivity index (χ4n) is 3.32. The summed E-state index contributed by atoms with van der Waals surface area (Å²) in [4.78, 5) is 25.0. The van der Waals surface area contributed by atoms with E-state index in [0.29, 0.717) is 23.5 Å². The van der Waals surface area contributed by atoms with E-state index < -0.39 is 5.97 Å². The molecule has 6 heteroatoms. The summed E-state index contributed by atoms with van der Waals surface area (Å²) >= 11 is 0. The fraction of sp³-hybridized carbons (Fsp3) is 0.429. The van der Waals surface area contributed by atoms with Crippen molar-refractivity contribution in [1.82, 2.24) is 4.57 Å². The van der Waals surface area contributed by atoms with Gasteiger partial charge in [0.05, 0.1) is 19.8 Å². The van der Waals surface area contributed by atoms with E-state index in [1.807, 2.05) is 39.8 Å². The lowest BCUT2D eigenvalue weighted by atomic mass is 10.1. The van der Waals surface area contributed by atoms with E-state index in [1.165, 1.54) is 7.11 Å². The number of aryl methyl sites for hydroxylation is 2. The van der Waals surface area contributed by atoms with Crippen LogP contribution in [0.15, 0.2) is 24.3 Å². The molecule has 0 aliphatic rings. The van der Waals surface area contributed by atoms with Crippen LogP contribution in [0.2, 0.25) is 0 Å². The van der Waals surface area contributed by atoms with Gasteiger partial charge in [0.2, 0.25) is 5.78 Å². The molecule has 1 atom stereocenters. The zero-order chi connectivity index (χ0) is 20.1. The van der Waals surface area contributed by atoms with Gasteiger partial charge in [0.15, 0.2) is 6.61 Å². The minimum Gasteiger partial charge on any atom is -0.496 e. The van der Waals surface area contributed by atoms with Crippen LogP contribution in [-0.4, -0.2) is 43.8 Å². The van der Waals surface area contributed by atoms with Gasteiger partial charge in [0, 0.05) is 24.1 Å². The summed E-state index contributed by atoms with van der Waals surface area (Å²) < 4.78 is 17.7. The molecule has 146 valence electrons. The van der Waals surface area contributed by atoms with E-state index in [9.17, 15) is 9.59 Å². The first-order valence-corrected chi connectivity index (χ1v) is 8.82. The number of aromatic nitrogens is 1. The number of hydrogen-bond acceptors (Lipinski definition) is 5. The molecule has 0 aliphatic carbocycles. The molecule has 0 amide bonds. The zero-order valence-electron chi connectivity index (χ0n) is 16.8. The van der Waals surface area contributed by atoms with Crippen LogP contribution in [0.5, 0.6) is 5.75 Å². The second-order valence-corrected chi connectivity index (χ2v) is 6.66. The molecule has 0 bridgehead atoms. The lowest BCUT2D eigenvalue weighted by molar-refractivity contribution is 0.0471. The van der Waals surface area contributed by atoms with Gasteiger partial charge in [-0.1, -0.05) is 11.6 Å². The number of nitrogens with zero attached hydrogens (tertiary/aromatic N) is 1. The Morgan fingerprint density at radius 2 is 1.78 bits per heavy atom. The molecule has 0 aliphatic heterocycles. The molecular weight excluding hydrogens is 346 g/mol. The van der Waals surface area contributed by atoms with Crippen LogP contribution in [0.1, 0.15) is 50.6 Å². The van der Waals surface area contributed by atoms with E-state index in [0.717, 1.165) is 17.0 Å². The zero-order valence-corrected chi connectivity index (χ0v) is 16.8. The highest BCUT2D eigenvalue weighted by atomic mass is 16.5. The first kappa shape index (κ1) is 20.7. The number of benzene rings is 1. The van der Waals surface area contributed by atoms with Crippen LogP contribution in [0.4, 0.5) is 0 Å². The van der Waals surface area contributed by atoms with Crippen LogP contribution in [0, 0.1) is 20.8 Å². The third-order valence-corrected chi connectivity index (χ3v) is 4.54. The van der Waals surface area contributed by atoms with Crippen LogP contribution in [-0.2, 0) is 9.47 Å². The largest absolute Gasteiger partial charge is 0.496 e. The Labute approximate surface area is 160 Å². The number of ether oxygens (including phenoxy) is 3. The van der Waals surface area contributed by atoms with E-state index in [2.05, 4.69) is 4.57 Å². The molecule has 0 saturated carbocycles. The Morgan fingerprint density at radius 3 is 2.41 bits per heavy atom. The van der Waals surface area contributed by atoms with E-state index in [1.54, 1.807) is 19.2 Å². The maximum Gasteiger partial charge on any atom is 0.342 e. The van der Waals surface area contributed by atoms with E-state index in [4.69, 9.17) is 14.2 Å². The third kappa shape index (κ3) is 4.57. The average Bonchev–Trinajstić information content (AvgIpc) is 2.94. The SMILES string of the molecule is COC[C@H](C)n1c(C)cc(C(=O)COC(=O)c2cc(C)ccc2OC)c1C. The Kier molecular flexibility index (Phi) is 6.80. The van der Waals surface area contributed by atoms with Gasteiger partial charge in [-0.25, -0.2) is 4.79 Å². The number of Topliss-reactive ketones (excluding diaryl/α,β-unsaturated/α-hetero) is 1. The third-order valence-electron chi connectivity index (χ3n) is 4.54. The molecule has 1 aromatic heterocycles. The van der Waals surface area contributed by atoms with Gasteiger partial charge in [0.1, 0.15) is 11.3 Å². The summed E-state index contributed by atoms with van der Waals surface area (Å²) in [6.07, 6.45) is 0. The first-order chi connectivity index (χ1) is 12.8. The van der Waals surface area contributed by atoms with Crippen LogP contribution >= 0.6 is 0 Å². The average molecular weight is 373 g/mol. The Morgan fingerprint density at radius 1 is 1.07 bits per heavy atom. The summed E-state index contributed by atoms with van der Waals surface area (Å²) in [7, 11) is 3.14. The lowest BCUT2D eigenvalue weighted by Gasteiger charge is -2.17. The number of carbonyl (C=O) groups excluding carboxylic acids is 2. The van der Waals surface area contributed by atoms with E-state index in [-0.39, 0.29) is 18.4 Å². The van der Waals surface area contributed by atoms with Crippen molar-refractivity contribution in [2.45, 2.75) is 33.7 Å². The van der Waals surface area contributed by atoms with Crippen molar-refractivity contribution in [2.75, 3.05) is 27.4 Å². The van der Waals surface area contributed by atoms with Gasteiger partial charge in [-0.2, -0.15) is 0 Å². The summed E-state index contributed by atoms with van der Waals surface area (Å²) in [5, 5.41) is 0. The highest BCUT2D eigenvalue weighted by molar-refractivity contribution is 6.01. The van der Waals surface area contributed by atoms with Gasteiger partial charge >= 0.3 is 5.97 Å². The molecule has 1 aromatic carbocycles. The molecule has 27 heavy (non-hydrogen) atoms. The van der Waals surface area contributed by atoms with Gasteiger partial charge < -0.3 is 18.8 Å². The minimum atomic E-state index is -0.578. The minimum absolute atomic E-state index is 0.107. The smallest absolute Gasteiger partial charge is 0.342 e. The maximum atomic E-state index is 12.6. The lowest BCUT2D eigenvalue weighted by Crippen LogP contribution is -2.17. The molecule has 0 N–H and O–H groups in total. The van der Waals surface area contributed by atoms with Crippen molar-refractivity contribution in [1.29, 1.82) is 0 Å². The summed E-state index contributed by atoms with van der Waals surface area (Å²) in [6.45, 7) is 7.96. The number of ketones is 1. The Bertz CT molecular complexity index is 837. The fourth-order valence-corrected chi connectivity index (χ4v) is 3.32. The number of esters is 1. The molecule has 0 unspecified atom stereocenters. The number of carbonyl (C=O) groups is 2. The topological polar surface area (TPSA) is 66.8 Å². The number of rotatable bonds is 8. The van der Waals surface area contributed by atoms with Gasteiger partial charge in [0.25, 0.3) is 0 Å². The van der Waals surface area contributed by atoms with Gasteiger partial charge in [-0.05, 0) is 45.9 Å². The van der Waals surface area contributed by atoms with Crippen LogP contribution in [0.25, 0.3) is 0 Å². The molecule has 6 nitrogen and oxygen atoms in total. The molecule has 0 fully saturated rings. The van der Waals surface area contributed by atoms with Crippen molar-refractivity contribution in [3.8, 4) is 5.75 Å². The van der Waals surface area contributed by atoms with Gasteiger partial charge in [-0.15, -0.1) is 0 Å². The number of methoxy groups -OCH3 is 2. The molecule has 2 rings (SSSR count). The van der Waals surface area contributed by atoms with Crippen LogP contribution in [0.3, 0.4) is 0 Å².